The summed E-state index contributed by atoms with van der Waals surface area (Å²) in [4.78, 5) is 22.3. The van der Waals surface area contributed by atoms with E-state index in [2.05, 4.69) is 10.6 Å². The third kappa shape index (κ3) is 4.87. The van der Waals surface area contributed by atoms with E-state index >= 15 is 0 Å². The second-order valence-electron chi connectivity index (χ2n) is 4.52. The van der Waals surface area contributed by atoms with E-state index in [-0.39, 0.29) is 5.82 Å². The van der Waals surface area contributed by atoms with E-state index in [0.717, 1.165) is 11.1 Å². The topological polar surface area (TPSA) is 78.4 Å². The Bertz CT molecular complexity index is 491. The number of halogens is 1. The van der Waals surface area contributed by atoms with Crippen LogP contribution in [0.2, 0.25) is 0 Å². The number of nitrogens with one attached hydrogen (secondary N) is 2. The van der Waals surface area contributed by atoms with Crippen LogP contribution in [-0.2, 0) is 11.2 Å². The molecule has 0 aromatic heterocycles. The van der Waals surface area contributed by atoms with Gasteiger partial charge in [0.1, 0.15) is 11.9 Å². The number of urea groups is 1. The summed E-state index contributed by atoms with van der Waals surface area (Å²) in [6.07, 6.45) is 0.878. The second-order valence-corrected chi connectivity index (χ2v) is 4.52. The number of aryl methyl sites for hydroxylation is 1. The molecule has 0 radical (unpaired) electrons. The van der Waals surface area contributed by atoms with Crippen molar-refractivity contribution < 1.29 is 19.1 Å². The van der Waals surface area contributed by atoms with E-state index in [1.54, 1.807) is 19.9 Å². The number of rotatable bonds is 6. The van der Waals surface area contributed by atoms with Gasteiger partial charge in [0.15, 0.2) is 0 Å². The monoisotopic (exact) mass is 282 g/mol. The van der Waals surface area contributed by atoms with E-state index in [1.165, 1.54) is 12.1 Å². The van der Waals surface area contributed by atoms with E-state index in [1.807, 2.05) is 0 Å². The Morgan fingerprint density at radius 2 is 2.10 bits per heavy atom. The van der Waals surface area contributed by atoms with Crippen molar-refractivity contribution in [1.82, 2.24) is 10.6 Å². The Hall–Kier alpha value is -2.11. The summed E-state index contributed by atoms with van der Waals surface area (Å²) < 4.78 is 12.9. The summed E-state index contributed by atoms with van der Waals surface area (Å²) >= 11 is 0. The van der Waals surface area contributed by atoms with Crippen LogP contribution in [0.1, 0.15) is 24.5 Å². The van der Waals surface area contributed by atoms with Crippen LogP contribution in [0.3, 0.4) is 0 Å². The smallest absolute Gasteiger partial charge is 0.326 e. The summed E-state index contributed by atoms with van der Waals surface area (Å²) in [5, 5.41) is 13.8. The largest absolute Gasteiger partial charge is 0.480 e. The lowest BCUT2D eigenvalue weighted by atomic mass is 10.1. The number of carboxylic acid groups (broad SMARTS) is 1. The lowest BCUT2D eigenvalue weighted by Gasteiger charge is -2.13. The summed E-state index contributed by atoms with van der Waals surface area (Å²) in [6, 6.07) is 3.09. The Morgan fingerprint density at radius 3 is 2.65 bits per heavy atom. The van der Waals surface area contributed by atoms with Crippen molar-refractivity contribution in [3.05, 3.63) is 35.1 Å². The van der Waals surface area contributed by atoms with Crippen LogP contribution in [-0.4, -0.2) is 29.7 Å². The number of benzene rings is 1. The quantitative estimate of drug-likeness (QED) is 0.745. The van der Waals surface area contributed by atoms with Gasteiger partial charge in [0.2, 0.25) is 0 Å². The maximum atomic E-state index is 12.9. The zero-order chi connectivity index (χ0) is 15.1. The number of carbonyl (C=O) groups excluding carboxylic acids is 1. The number of aliphatic carboxylic acids is 1. The van der Waals surface area contributed by atoms with Crippen LogP contribution in [0.4, 0.5) is 9.18 Å². The molecule has 0 saturated carbocycles. The van der Waals surface area contributed by atoms with Gasteiger partial charge in [-0.3, -0.25) is 0 Å². The Kier molecular flexibility index (Phi) is 5.96. The van der Waals surface area contributed by atoms with Gasteiger partial charge >= 0.3 is 12.0 Å². The molecule has 3 N–H and O–H groups in total. The van der Waals surface area contributed by atoms with Crippen LogP contribution >= 0.6 is 0 Å². The van der Waals surface area contributed by atoms with Gasteiger partial charge in [-0.05, 0) is 43.0 Å². The van der Waals surface area contributed by atoms with Crippen molar-refractivity contribution in [1.29, 1.82) is 0 Å². The average Bonchev–Trinajstić information content (AvgIpc) is 2.38. The number of carboxylic acids is 1. The molecule has 0 bridgehead atoms. The van der Waals surface area contributed by atoms with Crippen LogP contribution in [0.25, 0.3) is 0 Å². The number of hydrogen-bond donors (Lipinski definition) is 3. The van der Waals surface area contributed by atoms with Crippen molar-refractivity contribution in [3.63, 3.8) is 0 Å². The third-order valence-electron chi connectivity index (χ3n) is 3.00. The van der Waals surface area contributed by atoms with E-state index in [0.29, 0.717) is 19.4 Å². The van der Waals surface area contributed by atoms with Crippen molar-refractivity contribution in [2.75, 3.05) is 6.54 Å². The zero-order valence-electron chi connectivity index (χ0n) is 11.6. The minimum absolute atomic E-state index is 0.288. The molecule has 20 heavy (non-hydrogen) atoms. The first-order valence-electron chi connectivity index (χ1n) is 6.46. The summed E-state index contributed by atoms with van der Waals surface area (Å²) in [5.74, 6) is -1.35. The molecule has 6 heteroatoms. The molecule has 0 aliphatic heterocycles. The molecule has 0 unspecified atom stereocenters. The molecule has 1 rings (SSSR count). The highest BCUT2D eigenvalue weighted by Crippen LogP contribution is 2.10. The molecule has 5 nitrogen and oxygen atoms in total. The summed E-state index contributed by atoms with van der Waals surface area (Å²) in [5.41, 5.74) is 1.76. The summed E-state index contributed by atoms with van der Waals surface area (Å²) in [6.45, 7) is 3.84. The Morgan fingerprint density at radius 1 is 1.40 bits per heavy atom. The predicted molar refractivity (Wildman–Crippen MR) is 73.1 cm³/mol. The SMILES string of the molecule is CC[C@H](NC(=O)NCCc1ccc(F)cc1C)C(=O)O. The third-order valence-corrected chi connectivity index (χ3v) is 3.00. The fourth-order valence-corrected chi connectivity index (χ4v) is 1.80. The molecule has 1 atom stereocenters. The van der Waals surface area contributed by atoms with Crippen LogP contribution in [0, 0.1) is 12.7 Å². The van der Waals surface area contributed by atoms with Gasteiger partial charge < -0.3 is 15.7 Å². The molecule has 0 spiro atoms. The lowest BCUT2D eigenvalue weighted by molar-refractivity contribution is -0.139. The molecule has 1 aromatic carbocycles. The highest BCUT2D eigenvalue weighted by atomic mass is 19.1. The van der Waals surface area contributed by atoms with Crippen LogP contribution in [0.15, 0.2) is 18.2 Å². The number of carbonyl (C=O) groups is 2. The summed E-state index contributed by atoms with van der Waals surface area (Å²) in [7, 11) is 0. The van der Waals surface area contributed by atoms with Crippen LogP contribution < -0.4 is 10.6 Å². The van der Waals surface area contributed by atoms with E-state index in [9.17, 15) is 14.0 Å². The van der Waals surface area contributed by atoms with E-state index in [4.69, 9.17) is 5.11 Å². The molecule has 2 amide bonds. The Labute approximate surface area is 117 Å². The first-order valence-corrected chi connectivity index (χ1v) is 6.46. The molecule has 0 fully saturated rings. The lowest BCUT2D eigenvalue weighted by Crippen LogP contribution is -2.46. The normalized spacial score (nSPS) is 11.8. The van der Waals surface area contributed by atoms with Gasteiger partial charge in [-0.15, -0.1) is 0 Å². The first kappa shape index (κ1) is 15.9. The zero-order valence-corrected chi connectivity index (χ0v) is 11.6. The molecule has 0 aliphatic rings. The van der Waals surface area contributed by atoms with Crippen molar-refractivity contribution in [3.8, 4) is 0 Å². The molecular weight excluding hydrogens is 263 g/mol. The predicted octanol–water partition coefficient (Wildman–Crippen LogP) is 1.84. The fourth-order valence-electron chi connectivity index (χ4n) is 1.80. The maximum absolute atomic E-state index is 12.9. The van der Waals surface area contributed by atoms with Crippen molar-refractivity contribution in [2.45, 2.75) is 32.7 Å². The van der Waals surface area contributed by atoms with Crippen molar-refractivity contribution in [2.24, 2.45) is 0 Å². The highest BCUT2D eigenvalue weighted by molar-refractivity contribution is 5.82. The van der Waals surface area contributed by atoms with Gasteiger partial charge in [-0.25, -0.2) is 14.0 Å². The number of hydrogen-bond acceptors (Lipinski definition) is 2. The van der Waals surface area contributed by atoms with Gasteiger partial charge in [0.25, 0.3) is 0 Å². The standard InChI is InChI=1S/C14H19FN2O3/c1-3-12(13(18)19)17-14(20)16-7-6-10-4-5-11(15)8-9(10)2/h4-5,8,12H,3,6-7H2,1-2H3,(H,18,19)(H2,16,17,20)/t12-/m0/s1. The van der Waals surface area contributed by atoms with Gasteiger partial charge in [-0.2, -0.15) is 0 Å². The highest BCUT2D eigenvalue weighted by Gasteiger charge is 2.16. The minimum Gasteiger partial charge on any atom is -0.480 e. The average molecular weight is 282 g/mol. The first-order chi connectivity index (χ1) is 9.43. The second kappa shape index (κ2) is 7.47. The molecule has 1 aromatic rings. The molecule has 0 heterocycles. The van der Waals surface area contributed by atoms with Crippen LogP contribution in [0.5, 0.6) is 0 Å². The van der Waals surface area contributed by atoms with E-state index < -0.39 is 18.0 Å². The number of amides is 2. The van der Waals surface area contributed by atoms with Crippen molar-refractivity contribution >= 4 is 12.0 Å². The van der Waals surface area contributed by atoms with Gasteiger partial charge in [-0.1, -0.05) is 13.0 Å². The minimum atomic E-state index is -1.06. The molecule has 0 aliphatic carbocycles. The molecular formula is C14H19FN2O3. The molecule has 110 valence electrons. The van der Waals surface area contributed by atoms with Gasteiger partial charge in [0.05, 0.1) is 0 Å². The Balaban J connectivity index is 2.40. The molecule has 0 saturated heterocycles. The fraction of sp³-hybridized carbons (Fsp3) is 0.429. The van der Waals surface area contributed by atoms with Gasteiger partial charge in [0, 0.05) is 6.54 Å². The maximum Gasteiger partial charge on any atom is 0.326 e.